The Kier molecular flexibility index (Phi) is 6.62. The maximum Gasteiger partial charge on any atom is 0.241 e. The molecule has 1 atom stereocenters. The number of halogens is 1. The molecule has 0 heterocycles. The number of hydrogen-bond acceptors (Lipinski definition) is 4. The Morgan fingerprint density at radius 1 is 1.44 bits per heavy atom. The zero-order valence-corrected chi connectivity index (χ0v) is 12.3. The molecule has 0 radical (unpaired) electrons. The summed E-state index contributed by atoms with van der Waals surface area (Å²) in [5.74, 6) is 0.633. The molecule has 1 aromatic rings. The zero-order chi connectivity index (χ0) is 13.1. The van der Waals surface area contributed by atoms with Crippen LogP contribution in [0.5, 0.6) is 5.75 Å². The van der Waals surface area contributed by atoms with Gasteiger partial charge in [0.05, 0.1) is 12.0 Å². The molecule has 0 aliphatic carbocycles. The third-order valence-corrected chi connectivity index (χ3v) is 4.13. The number of rotatable bonds is 5. The molecule has 1 rings (SSSR count). The number of benzene rings is 1. The summed E-state index contributed by atoms with van der Waals surface area (Å²) in [5.41, 5.74) is 6.03. The van der Waals surface area contributed by atoms with E-state index in [1.165, 1.54) is 13.2 Å². The SMILES string of the molecule is COc1ccc(S(=O)(=O)N[C@@H](C)CN)c(C)c1.Cl. The molecule has 5 nitrogen and oxygen atoms in total. The van der Waals surface area contributed by atoms with E-state index >= 15 is 0 Å². The number of hydrogen-bond donors (Lipinski definition) is 2. The van der Waals surface area contributed by atoms with Crippen molar-refractivity contribution in [2.45, 2.75) is 24.8 Å². The Bertz CT molecular complexity index is 491. The van der Waals surface area contributed by atoms with Crippen LogP contribution in [0, 0.1) is 6.92 Å². The zero-order valence-electron chi connectivity index (χ0n) is 10.6. The minimum absolute atomic E-state index is 0. The third-order valence-electron chi connectivity index (χ3n) is 2.38. The van der Waals surface area contributed by atoms with Crippen molar-refractivity contribution in [1.82, 2.24) is 4.72 Å². The quantitative estimate of drug-likeness (QED) is 0.850. The van der Waals surface area contributed by atoms with Crippen molar-refractivity contribution >= 4 is 22.4 Å². The van der Waals surface area contributed by atoms with Crippen molar-refractivity contribution in [2.75, 3.05) is 13.7 Å². The third kappa shape index (κ3) is 4.13. The van der Waals surface area contributed by atoms with Crippen LogP contribution in [0.4, 0.5) is 0 Å². The fourth-order valence-electron chi connectivity index (χ4n) is 1.43. The maximum atomic E-state index is 12.0. The molecular formula is C11H19ClN2O3S. The minimum Gasteiger partial charge on any atom is -0.497 e. The van der Waals surface area contributed by atoms with E-state index in [9.17, 15) is 8.42 Å². The first kappa shape index (κ1) is 17.2. The maximum absolute atomic E-state index is 12.0. The van der Waals surface area contributed by atoms with Gasteiger partial charge in [-0.15, -0.1) is 12.4 Å². The lowest BCUT2D eigenvalue weighted by molar-refractivity contribution is 0.414. The molecule has 0 bridgehead atoms. The summed E-state index contributed by atoms with van der Waals surface area (Å²) < 4.78 is 31.6. The average molecular weight is 295 g/mol. The molecule has 0 saturated heterocycles. The van der Waals surface area contributed by atoms with E-state index in [4.69, 9.17) is 10.5 Å². The number of methoxy groups -OCH3 is 1. The van der Waals surface area contributed by atoms with Gasteiger partial charge < -0.3 is 10.5 Å². The molecule has 0 fully saturated rings. The Balaban J connectivity index is 0.00000289. The number of nitrogens with two attached hydrogens (primary N) is 1. The molecule has 0 aliphatic rings. The molecule has 0 unspecified atom stereocenters. The number of ether oxygens (including phenoxy) is 1. The van der Waals surface area contributed by atoms with E-state index in [2.05, 4.69) is 4.72 Å². The standard InChI is InChI=1S/C11H18N2O3S.ClH/c1-8-6-10(16-3)4-5-11(8)17(14,15)13-9(2)7-12;/h4-6,9,13H,7,12H2,1-3H3;1H/t9-;/m0./s1. The number of sulfonamides is 1. The van der Waals surface area contributed by atoms with Gasteiger partial charge in [0, 0.05) is 12.6 Å². The average Bonchev–Trinajstić information content (AvgIpc) is 2.27. The predicted octanol–water partition coefficient (Wildman–Crippen LogP) is 1.05. The lowest BCUT2D eigenvalue weighted by atomic mass is 10.2. The lowest BCUT2D eigenvalue weighted by Crippen LogP contribution is -2.38. The molecule has 0 spiro atoms. The highest BCUT2D eigenvalue weighted by Crippen LogP contribution is 2.20. The van der Waals surface area contributed by atoms with Gasteiger partial charge in [-0.1, -0.05) is 0 Å². The minimum atomic E-state index is -3.51. The van der Waals surface area contributed by atoms with Crippen LogP contribution in [0.25, 0.3) is 0 Å². The smallest absolute Gasteiger partial charge is 0.241 e. The van der Waals surface area contributed by atoms with E-state index in [1.54, 1.807) is 26.0 Å². The second-order valence-electron chi connectivity index (χ2n) is 3.89. The first-order valence-electron chi connectivity index (χ1n) is 5.27. The first-order chi connectivity index (χ1) is 7.90. The first-order valence-corrected chi connectivity index (χ1v) is 6.76. The van der Waals surface area contributed by atoms with E-state index in [1.807, 2.05) is 0 Å². The van der Waals surface area contributed by atoms with Crippen LogP contribution in [-0.4, -0.2) is 28.1 Å². The second kappa shape index (κ2) is 6.94. The fraction of sp³-hybridized carbons (Fsp3) is 0.455. The Morgan fingerprint density at radius 3 is 2.50 bits per heavy atom. The lowest BCUT2D eigenvalue weighted by Gasteiger charge is -2.14. The molecule has 3 N–H and O–H groups in total. The fourth-order valence-corrected chi connectivity index (χ4v) is 2.91. The van der Waals surface area contributed by atoms with Crippen molar-refractivity contribution in [1.29, 1.82) is 0 Å². The van der Waals surface area contributed by atoms with Gasteiger partial charge in [-0.25, -0.2) is 13.1 Å². The van der Waals surface area contributed by atoms with Gasteiger partial charge in [-0.3, -0.25) is 0 Å². The van der Waals surface area contributed by atoms with Gasteiger partial charge in [-0.05, 0) is 37.6 Å². The van der Waals surface area contributed by atoms with Crippen LogP contribution < -0.4 is 15.2 Å². The summed E-state index contributed by atoms with van der Waals surface area (Å²) in [4.78, 5) is 0.249. The normalized spacial score (nSPS) is 12.7. The van der Waals surface area contributed by atoms with Crippen LogP contribution in [-0.2, 0) is 10.0 Å². The number of aryl methyl sites for hydroxylation is 1. The van der Waals surface area contributed by atoms with Gasteiger partial charge in [0.2, 0.25) is 10.0 Å². The topological polar surface area (TPSA) is 81.4 Å². The summed E-state index contributed by atoms with van der Waals surface area (Å²) in [6, 6.07) is 4.54. The van der Waals surface area contributed by atoms with Crippen molar-refractivity contribution in [2.24, 2.45) is 5.73 Å². The summed E-state index contributed by atoms with van der Waals surface area (Å²) in [6.07, 6.45) is 0. The summed E-state index contributed by atoms with van der Waals surface area (Å²) in [7, 11) is -1.97. The van der Waals surface area contributed by atoms with E-state index in [0.717, 1.165) is 0 Å². The Morgan fingerprint density at radius 2 is 2.06 bits per heavy atom. The molecule has 7 heteroatoms. The molecule has 1 aromatic carbocycles. The van der Waals surface area contributed by atoms with E-state index in [-0.39, 0.29) is 29.9 Å². The van der Waals surface area contributed by atoms with Gasteiger partial charge in [0.25, 0.3) is 0 Å². The largest absolute Gasteiger partial charge is 0.497 e. The molecular weight excluding hydrogens is 276 g/mol. The summed E-state index contributed by atoms with van der Waals surface area (Å²) >= 11 is 0. The molecule has 0 aromatic heterocycles. The summed E-state index contributed by atoms with van der Waals surface area (Å²) in [5, 5.41) is 0. The van der Waals surface area contributed by atoms with Crippen LogP contribution in [0.1, 0.15) is 12.5 Å². The van der Waals surface area contributed by atoms with Crippen LogP contribution >= 0.6 is 12.4 Å². The van der Waals surface area contributed by atoms with Crippen molar-refractivity contribution < 1.29 is 13.2 Å². The van der Waals surface area contributed by atoms with Crippen LogP contribution in [0.3, 0.4) is 0 Å². The van der Waals surface area contributed by atoms with E-state index < -0.39 is 10.0 Å². The van der Waals surface area contributed by atoms with Gasteiger partial charge in [0.15, 0.2) is 0 Å². The predicted molar refractivity (Wildman–Crippen MR) is 73.8 cm³/mol. The van der Waals surface area contributed by atoms with E-state index in [0.29, 0.717) is 11.3 Å². The molecule has 104 valence electrons. The summed E-state index contributed by atoms with van der Waals surface area (Å²) in [6.45, 7) is 3.70. The highest BCUT2D eigenvalue weighted by Gasteiger charge is 2.19. The molecule has 0 saturated carbocycles. The van der Waals surface area contributed by atoms with Crippen molar-refractivity contribution in [3.8, 4) is 5.75 Å². The molecule has 0 aliphatic heterocycles. The van der Waals surface area contributed by atoms with Gasteiger partial charge in [0.1, 0.15) is 5.75 Å². The van der Waals surface area contributed by atoms with Crippen LogP contribution in [0.15, 0.2) is 23.1 Å². The van der Waals surface area contributed by atoms with Gasteiger partial charge >= 0.3 is 0 Å². The number of nitrogens with one attached hydrogen (secondary N) is 1. The Labute approximate surface area is 114 Å². The second-order valence-corrected chi connectivity index (χ2v) is 5.57. The monoisotopic (exact) mass is 294 g/mol. The van der Waals surface area contributed by atoms with Crippen molar-refractivity contribution in [3.05, 3.63) is 23.8 Å². The highest BCUT2D eigenvalue weighted by molar-refractivity contribution is 7.89. The Hall–Kier alpha value is -0.820. The molecule has 0 amide bonds. The highest BCUT2D eigenvalue weighted by atomic mass is 35.5. The van der Waals surface area contributed by atoms with Crippen molar-refractivity contribution in [3.63, 3.8) is 0 Å². The van der Waals surface area contributed by atoms with Crippen LogP contribution in [0.2, 0.25) is 0 Å². The molecule has 18 heavy (non-hydrogen) atoms. The van der Waals surface area contributed by atoms with Gasteiger partial charge in [-0.2, -0.15) is 0 Å².